The first-order chi connectivity index (χ1) is 9.97. The van der Waals surface area contributed by atoms with Crippen LogP contribution >= 0.6 is 0 Å². The molecule has 114 valence electrons. The fourth-order valence-electron chi connectivity index (χ4n) is 2.65. The van der Waals surface area contributed by atoms with E-state index >= 15 is 0 Å². The zero-order chi connectivity index (χ0) is 15.4. The van der Waals surface area contributed by atoms with Crippen molar-refractivity contribution >= 4 is 11.9 Å². The summed E-state index contributed by atoms with van der Waals surface area (Å²) in [4.78, 5) is 23.3. The zero-order valence-corrected chi connectivity index (χ0v) is 12.3. The van der Waals surface area contributed by atoms with Crippen LogP contribution in [0.3, 0.4) is 0 Å². The summed E-state index contributed by atoms with van der Waals surface area (Å²) in [5.41, 5.74) is 1.80. The van der Waals surface area contributed by atoms with Crippen molar-refractivity contribution in [2.75, 3.05) is 0 Å². The average Bonchev–Trinajstić information content (AvgIpc) is 2.85. The number of rotatable bonds is 5. The Kier molecular flexibility index (Phi) is 4.96. The van der Waals surface area contributed by atoms with Gasteiger partial charge < -0.3 is 15.2 Å². The number of hydrogen-bond donors (Lipinski definition) is 2. The van der Waals surface area contributed by atoms with Gasteiger partial charge in [-0.3, -0.25) is 9.59 Å². The highest BCUT2D eigenvalue weighted by Crippen LogP contribution is 2.23. The monoisotopic (exact) mass is 291 g/mol. The topological polar surface area (TPSA) is 75.6 Å². The lowest BCUT2D eigenvalue weighted by atomic mass is 9.98. The van der Waals surface area contributed by atoms with Crippen LogP contribution < -0.4 is 5.32 Å². The second-order valence-corrected chi connectivity index (χ2v) is 5.53. The van der Waals surface area contributed by atoms with E-state index in [1.807, 2.05) is 38.1 Å². The molecule has 1 aliphatic heterocycles. The number of ether oxygens (including phenoxy) is 1. The largest absolute Gasteiger partial charge is 0.481 e. The minimum absolute atomic E-state index is 0.0807. The van der Waals surface area contributed by atoms with Crippen molar-refractivity contribution in [1.29, 1.82) is 0 Å². The Labute approximate surface area is 124 Å². The molecule has 0 bridgehead atoms. The van der Waals surface area contributed by atoms with Crippen molar-refractivity contribution in [2.45, 2.75) is 51.4 Å². The van der Waals surface area contributed by atoms with Crippen LogP contribution in [0.25, 0.3) is 0 Å². The molecule has 0 spiro atoms. The number of benzene rings is 1. The molecule has 1 aromatic carbocycles. The number of carboxylic acids is 1. The number of carboxylic acid groups (broad SMARTS) is 1. The van der Waals surface area contributed by atoms with Gasteiger partial charge in [0.15, 0.2) is 0 Å². The molecule has 2 rings (SSSR count). The van der Waals surface area contributed by atoms with Gasteiger partial charge in [0.25, 0.3) is 0 Å². The summed E-state index contributed by atoms with van der Waals surface area (Å²) in [5.74, 6) is -1.17. The molecule has 1 heterocycles. The molecule has 1 saturated heterocycles. The summed E-state index contributed by atoms with van der Waals surface area (Å²) in [6, 6.07) is 6.96. The second kappa shape index (κ2) is 6.72. The first-order valence-electron chi connectivity index (χ1n) is 7.20. The molecule has 1 fully saturated rings. The van der Waals surface area contributed by atoms with Gasteiger partial charge in [-0.2, -0.15) is 0 Å². The van der Waals surface area contributed by atoms with Gasteiger partial charge in [0.05, 0.1) is 18.6 Å². The van der Waals surface area contributed by atoms with Gasteiger partial charge in [-0.15, -0.1) is 0 Å². The number of amides is 1. The lowest BCUT2D eigenvalue weighted by Crippen LogP contribution is -2.38. The summed E-state index contributed by atoms with van der Waals surface area (Å²) >= 11 is 0. The highest BCUT2D eigenvalue weighted by atomic mass is 16.5. The molecular weight excluding hydrogens is 270 g/mol. The Hall–Kier alpha value is -1.88. The molecule has 0 aromatic heterocycles. The third-order valence-corrected chi connectivity index (χ3v) is 3.78. The van der Waals surface area contributed by atoms with Gasteiger partial charge in [-0.05, 0) is 37.8 Å². The number of carbonyl (C=O) groups excluding carboxylic acids is 1. The Morgan fingerprint density at radius 2 is 2.10 bits per heavy atom. The van der Waals surface area contributed by atoms with Crippen LogP contribution in [-0.4, -0.2) is 29.2 Å². The quantitative estimate of drug-likeness (QED) is 0.872. The van der Waals surface area contributed by atoms with Gasteiger partial charge >= 0.3 is 5.97 Å². The van der Waals surface area contributed by atoms with Gasteiger partial charge in [-0.25, -0.2) is 0 Å². The molecule has 1 aliphatic rings. The maximum absolute atomic E-state index is 12.2. The molecule has 21 heavy (non-hydrogen) atoms. The first kappa shape index (κ1) is 15.5. The van der Waals surface area contributed by atoms with E-state index in [9.17, 15) is 9.59 Å². The lowest BCUT2D eigenvalue weighted by Gasteiger charge is -2.21. The summed E-state index contributed by atoms with van der Waals surface area (Å²) in [6.07, 6.45) is 1.00. The van der Waals surface area contributed by atoms with Crippen LogP contribution in [0.4, 0.5) is 0 Å². The van der Waals surface area contributed by atoms with Crippen LogP contribution in [0.5, 0.6) is 0 Å². The third kappa shape index (κ3) is 4.04. The third-order valence-electron chi connectivity index (χ3n) is 3.78. The van der Waals surface area contributed by atoms with Crippen molar-refractivity contribution in [2.24, 2.45) is 0 Å². The Balaban J connectivity index is 2.12. The molecule has 2 N–H and O–H groups in total. The number of nitrogens with one attached hydrogen (secondary N) is 1. The Bertz CT molecular complexity index is 529. The summed E-state index contributed by atoms with van der Waals surface area (Å²) in [5, 5.41) is 11.9. The van der Waals surface area contributed by atoms with Crippen LogP contribution in [-0.2, 0) is 14.3 Å². The lowest BCUT2D eigenvalue weighted by molar-refractivity contribution is -0.138. The predicted octanol–water partition coefficient (Wildman–Crippen LogP) is 2.19. The minimum Gasteiger partial charge on any atom is -0.481 e. The number of hydrogen-bond acceptors (Lipinski definition) is 3. The first-order valence-corrected chi connectivity index (χ1v) is 7.20. The molecule has 0 saturated carbocycles. The van der Waals surface area contributed by atoms with Crippen LogP contribution in [0.2, 0.25) is 0 Å². The van der Waals surface area contributed by atoms with Crippen LogP contribution in [0, 0.1) is 6.92 Å². The van der Waals surface area contributed by atoms with E-state index in [0.29, 0.717) is 6.42 Å². The summed E-state index contributed by atoms with van der Waals surface area (Å²) < 4.78 is 5.54. The second-order valence-electron chi connectivity index (χ2n) is 5.53. The van der Waals surface area contributed by atoms with Crippen molar-refractivity contribution in [3.63, 3.8) is 0 Å². The Morgan fingerprint density at radius 1 is 1.38 bits per heavy atom. The molecular formula is C16H21NO4. The SMILES string of the molecule is Cc1ccccc1C(CC(=O)O)NC(=O)C1CCC(C)O1. The van der Waals surface area contributed by atoms with E-state index in [1.54, 1.807) is 0 Å². The predicted molar refractivity (Wildman–Crippen MR) is 77.9 cm³/mol. The van der Waals surface area contributed by atoms with E-state index in [0.717, 1.165) is 17.5 Å². The van der Waals surface area contributed by atoms with Crippen molar-refractivity contribution < 1.29 is 19.4 Å². The van der Waals surface area contributed by atoms with Crippen molar-refractivity contribution in [3.05, 3.63) is 35.4 Å². The van der Waals surface area contributed by atoms with Crippen molar-refractivity contribution in [3.8, 4) is 0 Å². The van der Waals surface area contributed by atoms with Gasteiger partial charge in [0.1, 0.15) is 6.10 Å². The normalized spacial score (nSPS) is 22.8. The highest BCUT2D eigenvalue weighted by molar-refractivity contribution is 5.82. The van der Waals surface area contributed by atoms with Crippen LogP contribution in [0.1, 0.15) is 43.4 Å². The molecule has 1 amide bonds. The number of carbonyl (C=O) groups is 2. The van der Waals surface area contributed by atoms with E-state index in [4.69, 9.17) is 9.84 Å². The Morgan fingerprint density at radius 3 is 2.67 bits per heavy atom. The zero-order valence-electron chi connectivity index (χ0n) is 12.3. The molecule has 0 radical (unpaired) electrons. The highest BCUT2D eigenvalue weighted by Gasteiger charge is 2.30. The molecule has 5 nitrogen and oxygen atoms in total. The maximum Gasteiger partial charge on any atom is 0.305 e. The van der Waals surface area contributed by atoms with E-state index in [-0.39, 0.29) is 18.4 Å². The van der Waals surface area contributed by atoms with E-state index in [2.05, 4.69) is 5.32 Å². The maximum atomic E-state index is 12.2. The van der Waals surface area contributed by atoms with Gasteiger partial charge in [-0.1, -0.05) is 24.3 Å². The van der Waals surface area contributed by atoms with Crippen LogP contribution in [0.15, 0.2) is 24.3 Å². The fraction of sp³-hybridized carbons (Fsp3) is 0.500. The minimum atomic E-state index is -0.940. The molecule has 3 atom stereocenters. The average molecular weight is 291 g/mol. The number of aliphatic carboxylic acids is 1. The molecule has 5 heteroatoms. The standard InChI is InChI=1S/C16H21NO4/c1-10-5-3-4-6-12(10)13(9-15(18)19)17-16(20)14-8-7-11(2)21-14/h3-6,11,13-14H,7-9H2,1-2H3,(H,17,20)(H,18,19). The van der Waals surface area contributed by atoms with E-state index < -0.39 is 18.1 Å². The van der Waals surface area contributed by atoms with Crippen molar-refractivity contribution in [1.82, 2.24) is 5.32 Å². The molecule has 1 aromatic rings. The number of aryl methyl sites for hydroxylation is 1. The molecule has 3 unspecified atom stereocenters. The summed E-state index contributed by atoms with van der Waals surface area (Å²) in [7, 11) is 0. The fourth-order valence-corrected chi connectivity index (χ4v) is 2.65. The van der Waals surface area contributed by atoms with Gasteiger partial charge in [0.2, 0.25) is 5.91 Å². The smallest absolute Gasteiger partial charge is 0.305 e. The van der Waals surface area contributed by atoms with Gasteiger partial charge in [0, 0.05) is 0 Å². The van der Waals surface area contributed by atoms with E-state index in [1.165, 1.54) is 0 Å². The molecule has 0 aliphatic carbocycles. The summed E-state index contributed by atoms with van der Waals surface area (Å²) in [6.45, 7) is 3.84.